The number of nitrogens with zero attached hydrogens (tertiary/aromatic N) is 3. The number of hydrogen-bond donors (Lipinski definition) is 1. The van der Waals surface area contributed by atoms with Gasteiger partial charge in [0.25, 0.3) is 5.91 Å². The Bertz CT molecular complexity index is 950. The molecule has 1 N–H and O–H groups in total. The lowest BCUT2D eigenvalue weighted by atomic mass is 10.1. The van der Waals surface area contributed by atoms with Crippen LogP contribution in [0.3, 0.4) is 0 Å². The van der Waals surface area contributed by atoms with Crippen LogP contribution in [-0.4, -0.2) is 40.5 Å². The average Bonchev–Trinajstić information content (AvgIpc) is 2.75. The lowest BCUT2D eigenvalue weighted by Crippen LogP contribution is -2.42. The van der Waals surface area contributed by atoms with Crippen LogP contribution >= 0.6 is 15.9 Å². The van der Waals surface area contributed by atoms with Crippen molar-refractivity contribution in [2.75, 3.05) is 25.0 Å². The Kier molecular flexibility index (Phi) is 5.64. The van der Waals surface area contributed by atoms with Crippen molar-refractivity contribution in [1.82, 2.24) is 14.9 Å². The van der Waals surface area contributed by atoms with Gasteiger partial charge in [-0.05, 0) is 35.9 Å². The minimum Gasteiger partial charge on any atom is -0.370 e. The van der Waals surface area contributed by atoms with Crippen molar-refractivity contribution in [3.05, 3.63) is 82.7 Å². The summed E-state index contributed by atoms with van der Waals surface area (Å²) in [5.41, 5.74) is 2.49. The summed E-state index contributed by atoms with van der Waals surface area (Å²) in [6.45, 7) is 1.62. The number of halogens is 1. The summed E-state index contributed by atoms with van der Waals surface area (Å²) in [5.74, 6) is 0.627. The molecular formula is C21H19BrN4O2. The largest absolute Gasteiger partial charge is 0.370 e. The second kappa shape index (κ2) is 8.50. The van der Waals surface area contributed by atoms with Crippen molar-refractivity contribution in [1.29, 1.82) is 0 Å². The number of amides is 1. The van der Waals surface area contributed by atoms with E-state index in [-0.39, 0.29) is 12.0 Å². The van der Waals surface area contributed by atoms with Crippen LogP contribution in [0.5, 0.6) is 0 Å². The van der Waals surface area contributed by atoms with E-state index in [1.54, 1.807) is 18.6 Å². The molecular weight excluding hydrogens is 420 g/mol. The van der Waals surface area contributed by atoms with Crippen LogP contribution in [-0.2, 0) is 4.74 Å². The Morgan fingerprint density at radius 1 is 1.18 bits per heavy atom. The maximum atomic E-state index is 13.0. The number of anilines is 2. The van der Waals surface area contributed by atoms with Crippen molar-refractivity contribution in [2.24, 2.45) is 0 Å². The van der Waals surface area contributed by atoms with E-state index in [0.29, 0.717) is 31.1 Å². The van der Waals surface area contributed by atoms with Crippen molar-refractivity contribution in [3.63, 3.8) is 0 Å². The highest BCUT2D eigenvalue weighted by atomic mass is 79.9. The van der Waals surface area contributed by atoms with Crippen LogP contribution < -0.4 is 5.32 Å². The van der Waals surface area contributed by atoms with E-state index in [0.717, 1.165) is 15.7 Å². The summed E-state index contributed by atoms with van der Waals surface area (Å²) in [6.07, 6.45) is 4.75. The molecule has 7 heteroatoms. The van der Waals surface area contributed by atoms with Crippen LogP contribution in [0.1, 0.15) is 22.0 Å². The zero-order chi connectivity index (χ0) is 19.3. The highest BCUT2D eigenvalue weighted by Crippen LogP contribution is 2.25. The quantitative estimate of drug-likeness (QED) is 0.660. The fraction of sp³-hybridized carbons (Fsp3) is 0.190. The van der Waals surface area contributed by atoms with E-state index < -0.39 is 0 Å². The normalized spacial score (nSPS) is 16.6. The standard InChI is InChI=1S/C21H19BrN4O2/c22-17-6-4-15(5-7-17)19-14-26(10-11-28-19)21(27)16-2-1-3-18(12-16)25-20-13-23-8-9-24-20/h1-9,12-13,19H,10-11,14H2,(H,24,25). The number of morpholine rings is 1. The van der Waals surface area contributed by atoms with Crippen molar-refractivity contribution in [2.45, 2.75) is 6.10 Å². The van der Waals surface area contributed by atoms with Gasteiger partial charge in [-0.1, -0.05) is 34.1 Å². The molecule has 0 aliphatic carbocycles. The van der Waals surface area contributed by atoms with Gasteiger partial charge in [-0.2, -0.15) is 0 Å². The van der Waals surface area contributed by atoms with E-state index >= 15 is 0 Å². The zero-order valence-corrected chi connectivity index (χ0v) is 16.7. The first-order valence-corrected chi connectivity index (χ1v) is 9.78. The monoisotopic (exact) mass is 438 g/mol. The molecule has 4 rings (SSSR count). The number of rotatable bonds is 4. The number of ether oxygens (including phenoxy) is 1. The molecule has 3 aromatic rings. The van der Waals surface area contributed by atoms with E-state index in [4.69, 9.17) is 4.74 Å². The molecule has 0 radical (unpaired) electrons. The number of nitrogens with one attached hydrogen (secondary N) is 1. The third-order valence-corrected chi connectivity index (χ3v) is 5.07. The van der Waals surface area contributed by atoms with Gasteiger partial charge in [0.1, 0.15) is 11.9 Å². The van der Waals surface area contributed by atoms with Gasteiger partial charge in [-0.3, -0.25) is 9.78 Å². The van der Waals surface area contributed by atoms with Crippen LogP contribution in [0.4, 0.5) is 11.5 Å². The molecule has 0 bridgehead atoms. The molecule has 0 spiro atoms. The first kappa shape index (κ1) is 18.6. The van der Waals surface area contributed by atoms with Crippen molar-refractivity contribution in [3.8, 4) is 0 Å². The second-order valence-electron chi connectivity index (χ2n) is 6.46. The van der Waals surface area contributed by atoms with E-state index in [2.05, 4.69) is 31.2 Å². The molecule has 1 aliphatic rings. The summed E-state index contributed by atoms with van der Waals surface area (Å²) >= 11 is 3.45. The summed E-state index contributed by atoms with van der Waals surface area (Å²) in [4.78, 5) is 23.1. The van der Waals surface area contributed by atoms with Crippen molar-refractivity contribution >= 4 is 33.3 Å². The Labute approximate surface area is 171 Å². The molecule has 1 fully saturated rings. The number of benzene rings is 2. The highest BCUT2D eigenvalue weighted by molar-refractivity contribution is 9.10. The molecule has 0 saturated carbocycles. The smallest absolute Gasteiger partial charge is 0.254 e. The fourth-order valence-electron chi connectivity index (χ4n) is 3.14. The summed E-state index contributed by atoms with van der Waals surface area (Å²) < 4.78 is 6.91. The predicted octanol–water partition coefficient (Wildman–Crippen LogP) is 4.20. The first-order valence-electron chi connectivity index (χ1n) is 8.98. The van der Waals surface area contributed by atoms with Crippen LogP contribution in [0, 0.1) is 0 Å². The lowest BCUT2D eigenvalue weighted by molar-refractivity contribution is -0.0228. The Balaban J connectivity index is 1.47. The third-order valence-electron chi connectivity index (χ3n) is 4.54. The molecule has 142 valence electrons. The van der Waals surface area contributed by atoms with Gasteiger partial charge in [0, 0.05) is 34.7 Å². The molecule has 1 saturated heterocycles. The molecule has 2 aromatic carbocycles. The fourth-order valence-corrected chi connectivity index (χ4v) is 3.40. The number of carbonyl (C=O) groups is 1. The minimum atomic E-state index is -0.119. The molecule has 1 unspecified atom stereocenters. The van der Waals surface area contributed by atoms with Crippen LogP contribution in [0.15, 0.2) is 71.6 Å². The van der Waals surface area contributed by atoms with Gasteiger partial charge in [-0.15, -0.1) is 0 Å². The number of hydrogen-bond acceptors (Lipinski definition) is 5. The molecule has 1 aromatic heterocycles. The van der Waals surface area contributed by atoms with Gasteiger partial charge in [-0.25, -0.2) is 4.98 Å². The van der Waals surface area contributed by atoms with Gasteiger partial charge in [0.05, 0.1) is 19.3 Å². The summed E-state index contributed by atoms with van der Waals surface area (Å²) in [5, 5.41) is 3.17. The number of carbonyl (C=O) groups excluding carboxylic acids is 1. The summed E-state index contributed by atoms with van der Waals surface area (Å²) in [7, 11) is 0. The molecule has 28 heavy (non-hydrogen) atoms. The minimum absolute atomic E-state index is 0.00629. The zero-order valence-electron chi connectivity index (χ0n) is 15.1. The molecule has 1 amide bonds. The van der Waals surface area contributed by atoms with E-state index in [9.17, 15) is 4.79 Å². The van der Waals surface area contributed by atoms with Gasteiger partial charge in [0.2, 0.25) is 0 Å². The number of aromatic nitrogens is 2. The Hall–Kier alpha value is -2.77. The summed E-state index contributed by atoms with van der Waals surface area (Å²) in [6, 6.07) is 15.4. The third kappa shape index (κ3) is 4.37. The van der Waals surface area contributed by atoms with Crippen LogP contribution in [0.2, 0.25) is 0 Å². The second-order valence-corrected chi connectivity index (χ2v) is 7.37. The maximum absolute atomic E-state index is 13.0. The molecule has 6 nitrogen and oxygen atoms in total. The average molecular weight is 439 g/mol. The van der Waals surface area contributed by atoms with Gasteiger partial charge in [0.15, 0.2) is 0 Å². The lowest BCUT2D eigenvalue weighted by Gasteiger charge is -2.33. The van der Waals surface area contributed by atoms with Crippen LogP contribution in [0.25, 0.3) is 0 Å². The Morgan fingerprint density at radius 3 is 2.82 bits per heavy atom. The van der Waals surface area contributed by atoms with E-state index in [1.165, 1.54) is 0 Å². The van der Waals surface area contributed by atoms with Gasteiger partial charge >= 0.3 is 0 Å². The predicted molar refractivity (Wildman–Crippen MR) is 110 cm³/mol. The first-order chi connectivity index (χ1) is 13.7. The van der Waals surface area contributed by atoms with Gasteiger partial charge < -0.3 is 15.0 Å². The SMILES string of the molecule is O=C(c1cccc(Nc2cnccn2)c1)N1CCOC(c2ccc(Br)cc2)C1. The van der Waals surface area contributed by atoms with E-state index in [1.807, 2.05) is 53.4 Å². The highest BCUT2D eigenvalue weighted by Gasteiger charge is 2.26. The molecule has 1 aliphatic heterocycles. The van der Waals surface area contributed by atoms with Crippen molar-refractivity contribution < 1.29 is 9.53 Å². The Morgan fingerprint density at radius 2 is 2.04 bits per heavy atom. The maximum Gasteiger partial charge on any atom is 0.254 e. The molecule has 1 atom stereocenters. The molecule has 2 heterocycles. The topological polar surface area (TPSA) is 67.4 Å².